The average molecular weight is 507 g/mol. The number of guanidine groups is 1. The van der Waals surface area contributed by atoms with Gasteiger partial charge in [-0.1, -0.05) is 19.9 Å². The molecule has 0 aliphatic heterocycles. The third kappa shape index (κ3) is 6.62. The van der Waals surface area contributed by atoms with Crippen LogP contribution in [0.5, 0.6) is 11.5 Å². The minimum absolute atomic E-state index is 0. The van der Waals surface area contributed by atoms with Gasteiger partial charge in [-0.15, -0.1) is 24.0 Å². The fourth-order valence-corrected chi connectivity index (χ4v) is 4.13. The van der Waals surface area contributed by atoms with E-state index in [4.69, 9.17) is 9.47 Å². The normalized spacial score (nSPS) is 20.0. The van der Waals surface area contributed by atoms with Crippen molar-refractivity contribution in [2.45, 2.75) is 49.8 Å². The molecule has 0 aromatic heterocycles. The Morgan fingerprint density at radius 3 is 2.48 bits per heavy atom. The summed E-state index contributed by atoms with van der Waals surface area (Å²) < 4.78 is 10.8. The predicted molar refractivity (Wildman–Crippen MR) is 127 cm³/mol. The van der Waals surface area contributed by atoms with Crippen molar-refractivity contribution in [3.8, 4) is 11.5 Å². The van der Waals surface area contributed by atoms with Crippen LogP contribution in [-0.4, -0.2) is 51.3 Å². The average Bonchev–Trinajstić information content (AvgIpc) is 3.12. The van der Waals surface area contributed by atoms with Crippen LogP contribution in [0.25, 0.3) is 0 Å². The molecule has 1 aromatic rings. The van der Waals surface area contributed by atoms with Crippen molar-refractivity contribution < 1.29 is 9.47 Å². The smallest absolute Gasteiger partial charge is 0.191 e. The Balaban J connectivity index is 0.00000364. The molecule has 2 atom stereocenters. The van der Waals surface area contributed by atoms with Crippen LogP contribution in [-0.2, 0) is 5.41 Å². The number of thioether (sulfide) groups is 1. The summed E-state index contributed by atoms with van der Waals surface area (Å²) in [5.41, 5.74) is 1.12. The van der Waals surface area contributed by atoms with Gasteiger partial charge in [0.15, 0.2) is 17.5 Å². The van der Waals surface area contributed by atoms with Crippen LogP contribution in [0.4, 0.5) is 0 Å². The third-order valence-electron chi connectivity index (χ3n) is 5.15. The molecule has 2 N–H and O–H groups in total. The predicted octanol–water partition coefficient (Wildman–Crippen LogP) is 4.05. The van der Waals surface area contributed by atoms with Crippen LogP contribution in [0.15, 0.2) is 23.2 Å². The van der Waals surface area contributed by atoms with Gasteiger partial charge in [0.1, 0.15) is 0 Å². The highest BCUT2D eigenvalue weighted by atomic mass is 127. The fourth-order valence-electron chi connectivity index (χ4n) is 3.34. The number of nitrogens with zero attached hydrogens (tertiary/aromatic N) is 1. The SMILES string of the molecule is CN=C(NCC(C)(C)c1ccc(OC)c(OC)c1)NC1CCC(SC)C1.I. The van der Waals surface area contributed by atoms with Gasteiger partial charge < -0.3 is 20.1 Å². The summed E-state index contributed by atoms with van der Waals surface area (Å²) in [6, 6.07) is 6.63. The van der Waals surface area contributed by atoms with Gasteiger partial charge in [-0.25, -0.2) is 0 Å². The van der Waals surface area contributed by atoms with Crippen LogP contribution in [0.2, 0.25) is 0 Å². The van der Waals surface area contributed by atoms with Crippen molar-refractivity contribution in [3.05, 3.63) is 23.8 Å². The Morgan fingerprint density at radius 1 is 1.22 bits per heavy atom. The highest BCUT2D eigenvalue weighted by molar-refractivity contribution is 14.0. The fraction of sp³-hybridized carbons (Fsp3) is 0.650. The van der Waals surface area contributed by atoms with E-state index in [0.29, 0.717) is 6.04 Å². The Morgan fingerprint density at radius 2 is 1.93 bits per heavy atom. The molecular formula is C20H34IN3O2S. The molecule has 27 heavy (non-hydrogen) atoms. The van der Waals surface area contributed by atoms with E-state index < -0.39 is 0 Å². The number of halogens is 1. The molecule has 1 saturated carbocycles. The summed E-state index contributed by atoms with van der Waals surface area (Å²) in [6.45, 7) is 5.21. The number of hydrogen-bond donors (Lipinski definition) is 2. The number of hydrogen-bond acceptors (Lipinski definition) is 4. The first-order chi connectivity index (χ1) is 12.4. The zero-order valence-corrected chi connectivity index (χ0v) is 20.4. The van der Waals surface area contributed by atoms with Crippen LogP contribution < -0.4 is 20.1 Å². The van der Waals surface area contributed by atoms with Crippen molar-refractivity contribution in [1.29, 1.82) is 0 Å². The molecule has 154 valence electrons. The lowest BCUT2D eigenvalue weighted by Gasteiger charge is -2.28. The molecule has 0 spiro atoms. The summed E-state index contributed by atoms with van der Waals surface area (Å²) in [5.74, 6) is 2.39. The second kappa shape index (κ2) is 11.2. The molecule has 1 aliphatic carbocycles. The van der Waals surface area contributed by atoms with Gasteiger partial charge in [-0.05, 0) is 43.2 Å². The van der Waals surface area contributed by atoms with E-state index >= 15 is 0 Å². The molecule has 1 aromatic carbocycles. The molecule has 2 rings (SSSR count). The minimum atomic E-state index is -0.0747. The van der Waals surface area contributed by atoms with E-state index in [1.165, 1.54) is 24.8 Å². The molecule has 0 amide bonds. The first kappa shape index (κ1) is 24.2. The second-order valence-electron chi connectivity index (χ2n) is 7.39. The number of methoxy groups -OCH3 is 2. The lowest BCUT2D eigenvalue weighted by molar-refractivity contribution is 0.353. The lowest BCUT2D eigenvalue weighted by atomic mass is 9.84. The van der Waals surface area contributed by atoms with Gasteiger partial charge in [-0.2, -0.15) is 11.8 Å². The van der Waals surface area contributed by atoms with Gasteiger partial charge >= 0.3 is 0 Å². The summed E-state index contributed by atoms with van der Waals surface area (Å²) >= 11 is 1.97. The van der Waals surface area contributed by atoms with E-state index in [1.807, 2.05) is 24.9 Å². The Bertz CT molecular complexity index is 625. The molecule has 0 bridgehead atoms. The van der Waals surface area contributed by atoms with Crippen molar-refractivity contribution in [3.63, 3.8) is 0 Å². The first-order valence-electron chi connectivity index (χ1n) is 9.16. The Labute approximate surface area is 185 Å². The van der Waals surface area contributed by atoms with Gasteiger partial charge in [0, 0.05) is 30.3 Å². The molecular weight excluding hydrogens is 473 g/mol. The maximum atomic E-state index is 5.44. The summed E-state index contributed by atoms with van der Waals surface area (Å²) in [4.78, 5) is 4.40. The maximum absolute atomic E-state index is 5.44. The van der Waals surface area contributed by atoms with Gasteiger partial charge in [0.05, 0.1) is 14.2 Å². The van der Waals surface area contributed by atoms with E-state index in [1.54, 1.807) is 14.2 Å². The van der Waals surface area contributed by atoms with Crippen molar-refractivity contribution in [1.82, 2.24) is 10.6 Å². The molecule has 0 saturated heterocycles. The maximum Gasteiger partial charge on any atom is 0.191 e. The lowest BCUT2D eigenvalue weighted by Crippen LogP contribution is -2.46. The number of benzene rings is 1. The molecule has 2 unspecified atom stereocenters. The number of aliphatic imine (C=N–C) groups is 1. The first-order valence-corrected chi connectivity index (χ1v) is 10.4. The molecule has 1 aliphatic rings. The number of nitrogens with one attached hydrogen (secondary N) is 2. The number of ether oxygens (including phenoxy) is 2. The third-order valence-corrected chi connectivity index (χ3v) is 6.24. The van der Waals surface area contributed by atoms with Gasteiger partial charge in [-0.3, -0.25) is 4.99 Å². The molecule has 1 fully saturated rings. The van der Waals surface area contributed by atoms with Gasteiger partial charge in [0.2, 0.25) is 0 Å². The van der Waals surface area contributed by atoms with Crippen LogP contribution in [0, 0.1) is 0 Å². The summed E-state index contributed by atoms with van der Waals surface area (Å²) in [7, 11) is 5.16. The van der Waals surface area contributed by atoms with E-state index in [2.05, 4.69) is 47.9 Å². The monoisotopic (exact) mass is 507 g/mol. The van der Waals surface area contributed by atoms with Crippen molar-refractivity contribution in [2.75, 3.05) is 34.1 Å². The van der Waals surface area contributed by atoms with E-state index in [9.17, 15) is 0 Å². The minimum Gasteiger partial charge on any atom is -0.493 e. The Hall–Kier alpha value is -0.830. The summed E-state index contributed by atoms with van der Waals surface area (Å²) in [5, 5.41) is 7.84. The van der Waals surface area contributed by atoms with Crippen LogP contribution in [0.1, 0.15) is 38.7 Å². The summed E-state index contributed by atoms with van der Waals surface area (Å²) in [6.07, 6.45) is 5.91. The largest absolute Gasteiger partial charge is 0.493 e. The topological polar surface area (TPSA) is 54.9 Å². The van der Waals surface area contributed by atoms with Crippen LogP contribution in [0.3, 0.4) is 0 Å². The van der Waals surface area contributed by atoms with E-state index in [0.717, 1.165) is 29.3 Å². The standard InChI is InChI=1S/C20H33N3O2S.HI/c1-20(2,14-7-10-17(24-4)18(11-14)25-5)13-22-19(21-3)23-15-8-9-16(12-15)26-6;/h7,10-11,15-16H,8-9,12-13H2,1-6H3,(H2,21,22,23);1H. The highest BCUT2D eigenvalue weighted by Crippen LogP contribution is 2.33. The van der Waals surface area contributed by atoms with Crippen LogP contribution >= 0.6 is 35.7 Å². The zero-order chi connectivity index (χ0) is 19.2. The molecule has 0 radical (unpaired) electrons. The Kier molecular flexibility index (Phi) is 10.1. The molecule has 5 nitrogen and oxygen atoms in total. The van der Waals surface area contributed by atoms with Crippen molar-refractivity contribution >= 4 is 41.7 Å². The quantitative estimate of drug-likeness (QED) is 0.332. The zero-order valence-electron chi connectivity index (χ0n) is 17.3. The number of rotatable bonds is 7. The second-order valence-corrected chi connectivity index (χ2v) is 8.53. The van der Waals surface area contributed by atoms with Crippen molar-refractivity contribution in [2.24, 2.45) is 4.99 Å². The van der Waals surface area contributed by atoms with Gasteiger partial charge in [0.25, 0.3) is 0 Å². The highest BCUT2D eigenvalue weighted by Gasteiger charge is 2.26. The van der Waals surface area contributed by atoms with E-state index in [-0.39, 0.29) is 29.4 Å². The molecule has 7 heteroatoms. The molecule has 0 heterocycles.